The third-order valence-electron chi connectivity index (χ3n) is 3.63. The molecule has 0 saturated heterocycles. The maximum absolute atomic E-state index is 12.7. The van der Waals surface area contributed by atoms with Gasteiger partial charge in [-0.3, -0.25) is 9.10 Å². The number of nitrogens with zero attached hydrogens (tertiary/aromatic N) is 1. The summed E-state index contributed by atoms with van der Waals surface area (Å²) < 4.78 is 63.1. The average Bonchev–Trinajstić information content (AvgIpc) is 2.60. The van der Waals surface area contributed by atoms with Gasteiger partial charge < -0.3 is 5.32 Å². The van der Waals surface area contributed by atoms with E-state index >= 15 is 0 Å². The summed E-state index contributed by atoms with van der Waals surface area (Å²) in [5, 5.41) is 2.66. The summed E-state index contributed by atoms with van der Waals surface area (Å²) >= 11 is 1.52. The van der Waals surface area contributed by atoms with Crippen molar-refractivity contribution >= 4 is 39.1 Å². The molecule has 0 unspecified atom stereocenters. The molecule has 0 aliphatic rings. The minimum Gasteiger partial charge on any atom is -0.323 e. The second-order valence-corrected chi connectivity index (χ2v) is 9.00. The Morgan fingerprint density at radius 1 is 1.11 bits per heavy atom. The Balaban J connectivity index is 2.23. The zero-order valence-electron chi connectivity index (χ0n) is 15.2. The lowest BCUT2D eigenvalue weighted by atomic mass is 10.2. The van der Waals surface area contributed by atoms with Crippen LogP contribution in [0.25, 0.3) is 0 Å². The maximum atomic E-state index is 12.7. The van der Waals surface area contributed by atoms with Crippen LogP contribution in [-0.2, 0) is 21.0 Å². The number of nitrogens with one attached hydrogen (secondary N) is 1. The van der Waals surface area contributed by atoms with Crippen molar-refractivity contribution in [1.82, 2.24) is 0 Å². The lowest BCUT2D eigenvalue weighted by Gasteiger charge is -2.22. The lowest BCUT2D eigenvalue weighted by Crippen LogP contribution is -2.37. The summed E-state index contributed by atoms with van der Waals surface area (Å²) in [5.41, 5.74) is -0.387. The molecule has 0 heterocycles. The van der Waals surface area contributed by atoms with Crippen LogP contribution in [0.1, 0.15) is 12.5 Å². The molecule has 0 aliphatic heterocycles. The minimum absolute atomic E-state index is 0.0260. The molecule has 28 heavy (non-hydrogen) atoms. The normalized spacial score (nSPS) is 11.9. The number of halogens is 3. The minimum atomic E-state index is -4.54. The summed E-state index contributed by atoms with van der Waals surface area (Å²) in [7, 11) is -3.89. The van der Waals surface area contributed by atoms with Crippen LogP contribution in [0.2, 0.25) is 0 Å². The number of anilines is 2. The van der Waals surface area contributed by atoms with Gasteiger partial charge in [-0.25, -0.2) is 8.42 Å². The molecule has 0 radical (unpaired) electrons. The van der Waals surface area contributed by atoms with Gasteiger partial charge in [-0.2, -0.15) is 13.2 Å². The molecule has 0 spiro atoms. The fraction of sp³-hybridized carbons (Fsp3) is 0.278. The first-order valence-electron chi connectivity index (χ1n) is 8.19. The molecule has 0 aromatic heterocycles. The Kier molecular flexibility index (Phi) is 7.00. The zero-order valence-corrected chi connectivity index (χ0v) is 16.8. The topological polar surface area (TPSA) is 66.5 Å². The van der Waals surface area contributed by atoms with Crippen molar-refractivity contribution in [3.63, 3.8) is 0 Å². The Bertz CT molecular complexity index is 930. The molecule has 1 amide bonds. The molecule has 152 valence electrons. The van der Waals surface area contributed by atoms with Crippen molar-refractivity contribution in [1.29, 1.82) is 0 Å². The van der Waals surface area contributed by atoms with E-state index in [-0.39, 0.29) is 5.69 Å². The van der Waals surface area contributed by atoms with Crippen LogP contribution < -0.4 is 9.62 Å². The molecule has 2 rings (SSSR count). The molecule has 2 aromatic rings. The molecular weight excluding hydrogens is 413 g/mol. The van der Waals surface area contributed by atoms with Gasteiger partial charge in [0.2, 0.25) is 15.9 Å². The van der Waals surface area contributed by atoms with Crippen LogP contribution in [0.15, 0.2) is 53.4 Å². The largest absolute Gasteiger partial charge is 0.416 e. The van der Waals surface area contributed by atoms with Crippen molar-refractivity contribution in [3.05, 3.63) is 54.1 Å². The van der Waals surface area contributed by atoms with Gasteiger partial charge in [-0.1, -0.05) is 19.1 Å². The Morgan fingerprint density at radius 3 is 2.25 bits per heavy atom. The summed E-state index contributed by atoms with van der Waals surface area (Å²) in [6.07, 6.45) is -3.65. The fourth-order valence-corrected chi connectivity index (χ4v) is 4.00. The summed E-state index contributed by atoms with van der Waals surface area (Å²) in [4.78, 5) is 13.3. The highest BCUT2D eigenvalue weighted by Crippen LogP contribution is 2.31. The highest BCUT2D eigenvalue weighted by Gasteiger charge is 2.31. The van der Waals surface area contributed by atoms with E-state index in [0.717, 1.165) is 45.5 Å². The van der Waals surface area contributed by atoms with E-state index in [1.165, 1.54) is 11.8 Å². The van der Waals surface area contributed by atoms with Crippen molar-refractivity contribution in [2.45, 2.75) is 18.0 Å². The number of hydrogen-bond acceptors (Lipinski definition) is 4. The molecular formula is C18H19F3N2O3S2. The van der Waals surface area contributed by atoms with Gasteiger partial charge in [0.05, 0.1) is 23.2 Å². The predicted octanol–water partition coefficient (Wildman–Crippen LogP) is 4.22. The first-order valence-corrected chi connectivity index (χ1v) is 11.0. The van der Waals surface area contributed by atoms with Gasteiger partial charge >= 0.3 is 6.18 Å². The maximum Gasteiger partial charge on any atom is 0.416 e. The van der Waals surface area contributed by atoms with E-state index in [1.54, 1.807) is 12.1 Å². The zero-order chi connectivity index (χ0) is 20.9. The first kappa shape index (κ1) is 22.1. The summed E-state index contributed by atoms with van der Waals surface area (Å²) in [6, 6.07) is 10.7. The Hall–Kier alpha value is -2.20. The number of alkyl halides is 3. The quantitative estimate of drug-likeness (QED) is 0.666. The van der Waals surface area contributed by atoms with Gasteiger partial charge in [-0.05, 0) is 42.2 Å². The fourth-order valence-electron chi connectivity index (χ4n) is 2.39. The second-order valence-electron chi connectivity index (χ2n) is 5.79. The van der Waals surface area contributed by atoms with Crippen LogP contribution in [-0.4, -0.2) is 32.9 Å². The third-order valence-corrected chi connectivity index (χ3v) is 5.73. The number of hydrogen-bond donors (Lipinski definition) is 1. The number of rotatable bonds is 7. The molecule has 0 fully saturated rings. The van der Waals surface area contributed by atoms with Crippen molar-refractivity contribution in [2.75, 3.05) is 28.2 Å². The summed E-state index contributed by atoms with van der Waals surface area (Å²) in [5.74, 6) is 0.183. The van der Waals surface area contributed by atoms with Crippen LogP contribution in [0, 0.1) is 0 Å². The number of sulfonamides is 1. The van der Waals surface area contributed by atoms with Gasteiger partial charge in [-0.15, -0.1) is 11.8 Å². The van der Waals surface area contributed by atoms with Gasteiger partial charge in [0.15, 0.2) is 0 Å². The highest BCUT2D eigenvalue weighted by molar-refractivity contribution is 7.99. The van der Waals surface area contributed by atoms with Crippen LogP contribution >= 0.6 is 11.8 Å². The number of benzene rings is 2. The van der Waals surface area contributed by atoms with Crippen LogP contribution in [0.3, 0.4) is 0 Å². The SMILES string of the molecule is CCSc1ccccc1NC(=O)CN(c1ccc(C(F)(F)F)cc1)S(C)(=O)=O. The van der Waals surface area contributed by atoms with Crippen molar-refractivity contribution in [2.24, 2.45) is 0 Å². The molecule has 0 atom stereocenters. The molecule has 1 N–H and O–H groups in total. The summed E-state index contributed by atoms with van der Waals surface area (Å²) in [6.45, 7) is 1.40. The van der Waals surface area contributed by atoms with E-state index in [1.807, 2.05) is 19.1 Å². The molecule has 5 nitrogen and oxygen atoms in total. The van der Waals surface area contributed by atoms with Gasteiger partial charge in [0.25, 0.3) is 0 Å². The highest BCUT2D eigenvalue weighted by atomic mass is 32.2. The molecule has 0 saturated carbocycles. The number of para-hydroxylation sites is 1. The standard InChI is InChI=1S/C18H19F3N2O3S2/c1-3-27-16-7-5-4-6-15(16)22-17(24)12-23(28(2,25)26)14-10-8-13(9-11-14)18(19,20)21/h4-11H,3,12H2,1-2H3,(H,22,24). The van der Waals surface area contributed by atoms with E-state index in [0.29, 0.717) is 5.69 Å². The van der Waals surface area contributed by atoms with E-state index in [4.69, 9.17) is 0 Å². The van der Waals surface area contributed by atoms with Crippen LogP contribution in [0.5, 0.6) is 0 Å². The number of amides is 1. The number of carbonyl (C=O) groups is 1. The molecule has 0 aliphatic carbocycles. The van der Waals surface area contributed by atoms with Crippen molar-refractivity contribution < 1.29 is 26.4 Å². The van der Waals surface area contributed by atoms with E-state index < -0.39 is 34.2 Å². The monoisotopic (exact) mass is 432 g/mol. The van der Waals surface area contributed by atoms with Crippen molar-refractivity contribution in [3.8, 4) is 0 Å². The Morgan fingerprint density at radius 2 is 1.71 bits per heavy atom. The second kappa shape index (κ2) is 8.87. The van der Waals surface area contributed by atoms with Gasteiger partial charge in [0, 0.05) is 4.90 Å². The smallest absolute Gasteiger partial charge is 0.323 e. The Labute approximate surface area is 166 Å². The van der Waals surface area contributed by atoms with E-state index in [9.17, 15) is 26.4 Å². The first-order chi connectivity index (χ1) is 13.0. The predicted molar refractivity (Wildman–Crippen MR) is 105 cm³/mol. The van der Waals surface area contributed by atoms with Crippen LogP contribution in [0.4, 0.5) is 24.5 Å². The number of thioether (sulfide) groups is 1. The number of carbonyl (C=O) groups excluding carboxylic acids is 1. The van der Waals surface area contributed by atoms with Gasteiger partial charge in [0.1, 0.15) is 6.54 Å². The molecule has 0 bridgehead atoms. The lowest BCUT2D eigenvalue weighted by molar-refractivity contribution is -0.137. The molecule has 10 heteroatoms. The molecule has 2 aromatic carbocycles. The average molecular weight is 432 g/mol. The van der Waals surface area contributed by atoms with E-state index in [2.05, 4.69) is 5.32 Å². The third kappa shape index (κ3) is 5.90.